The highest BCUT2D eigenvalue weighted by Crippen LogP contribution is 2.22. The Labute approximate surface area is 150 Å². The number of aromatic nitrogens is 1. The van der Waals surface area contributed by atoms with Gasteiger partial charge in [-0.25, -0.2) is 4.98 Å². The lowest BCUT2D eigenvalue weighted by Gasteiger charge is -2.32. The van der Waals surface area contributed by atoms with Gasteiger partial charge in [0.25, 0.3) is 5.91 Å². The molecule has 0 spiro atoms. The Morgan fingerprint density at radius 2 is 2.24 bits per heavy atom. The number of hydrogen-bond donors (Lipinski definition) is 1. The SMILES string of the molecule is CCC[C@@H](C)NC(=O)[C@@H]1CCCN(C(=O)c2cccnc2OCC)C1. The maximum Gasteiger partial charge on any atom is 0.259 e. The van der Waals surface area contributed by atoms with Crippen molar-refractivity contribution in [1.29, 1.82) is 0 Å². The van der Waals surface area contributed by atoms with Crippen molar-refractivity contribution < 1.29 is 14.3 Å². The fraction of sp³-hybridized carbons (Fsp3) is 0.632. The number of rotatable bonds is 7. The number of piperidine rings is 1. The van der Waals surface area contributed by atoms with E-state index in [9.17, 15) is 9.59 Å². The van der Waals surface area contributed by atoms with Crippen molar-refractivity contribution in [3.63, 3.8) is 0 Å². The van der Waals surface area contributed by atoms with Gasteiger partial charge in [0.05, 0.1) is 12.5 Å². The van der Waals surface area contributed by atoms with Crippen LogP contribution in [0.1, 0.15) is 56.8 Å². The molecular formula is C19H29N3O3. The van der Waals surface area contributed by atoms with Crippen LogP contribution in [-0.4, -0.2) is 47.4 Å². The van der Waals surface area contributed by atoms with Gasteiger partial charge in [0.1, 0.15) is 5.56 Å². The molecule has 2 amide bonds. The van der Waals surface area contributed by atoms with Crippen molar-refractivity contribution in [1.82, 2.24) is 15.2 Å². The molecule has 1 aromatic heterocycles. The van der Waals surface area contributed by atoms with E-state index in [1.807, 2.05) is 13.8 Å². The minimum absolute atomic E-state index is 0.0506. The molecule has 0 unspecified atom stereocenters. The van der Waals surface area contributed by atoms with E-state index in [0.717, 1.165) is 25.7 Å². The molecular weight excluding hydrogens is 318 g/mol. The average Bonchev–Trinajstić information content (AvgIpc) is 2.62. The van der Waals surface area contributed by atoms with Gasteiger partial charge in [-0.2, -0.15) is 0 Å². The van der Waals surface area contributed by atoms with Gasteiger partial charge >= 0.3 is 0 Å². The van der Waals surface area contributed by atoms with Crippen LogP contribution < -0.4 is 10.1 Å². The lowest BCUT2D eigenvalue weighted by atomic mass is 9.96. The number of carbonyl (C=O) groups excluding carboxylic acids is 2. The van der Waals surface area contributed by atoms with Gasteiger partial charge in [-0.3, -0.25) is 9.59 Å². The molecule has 2 atom stereocenters. The van der Waals surface area contributed by atoms with E-state index in [1.165, 1.54) is 0 Å². The number of nitrogens with one attached hydrogen (secondary N) is 1. The number of ether oxygens (including phenoxy) is 1. The highest BCUT2D eigenvalue weighted by Gasteiger charge is 2.30. The number of carbonyl (C=O) groups is 2. The molecule has 1 aromatic rings. The van der Waals surface area contributed by atoms with Gasteiger partial charge in [0.2, 0.25) is 11.8 Å². The second-order valence-corrected chi connectivity index (χ2v) is 6.58. The Morgan fingerprint density at radius 1 is 1.44 bits per heavy atom. The Hall–Kier alpha value is -2.11. The Balaban J connectivity index is 2.03. The molecule has 25 heavy (non-hydrogen) atoms. The summed E-state index contributed by atoms with van der Waals surface area (Å²) < 4.78 is 5.46. The zero-order chi connectivity index (χ0) is 18.2. The van der Waals surface area contributed by atoms with Crippen LogP contribution in [0.15, 0.2) is 18.3 Å². The summed E-state index contributed by atoms with van der Waals surface area (Å²) in [7, 11) is 0. The first kappa shape index (κ1) is 19.2. The van der Waals surface area contributed by atoms with E-state index >= 15 is 0 Å². The Bertz CT molecular complexity index is 591. The third-order valence-corrected chi connectivity index (χ3v) is 4.47. The molecule has 2 rings (SSSR count). The zero-order valence-electron chi connectivity index (χ0n) is 15.5. The van der Waals surface area contributed by atoms with E-state index < -0.39 is 0 Å². The summed E-state index contributed by atoms with van der Waals surface area (Å²) in [5, 5.41) is 3.07. The summed E-state index contributed by atoms with van der Waals surface area (Å²) in [5.74, 6) is 0.146. The Kier molecular flexibility index (Phi) is 7.22. The minimum Gasteiger partial charge on any atom is -0.477 e. The van der Waals surface area contributed by atoms with E-state index in [0.29, 0.717) is 31.1 Å². The van der Waals surface area contributed by atoms with Crippen molar-refractivity contribution in [3.05, 3.63) is 23.9 Å². The van der Waals surface area contributed by atoms with Crippen LogP contribution in [0.4, 0.5) is 0 Å². The fourth-order valence-corrected chi connectivity index (χ4v) is 3.22. The van der Waals surface area contributed by atoms with Crippen molar-refractivity contribution in [2.45, 2.75) is 52.5 Å². The van der Waals surface area contributed by atoms with Crippen LogP contribution >= 0.6 is 0 Å². The predicted octanol–water partition coefficient (Wildman–Crippen LogP) is 2.64. The summed E-state index contributed by atoms with van der Waals surface area (Å²) in [6.07, 6.45) is 5.27. The minimum atomic E-state index is -0.149. The van der Waals surface area contributed by atoms with Crippen LogP contribution in [0.5, 0.6) is 5.88 Å². The van der Waals surface area contributed by atoms with Crippen LogP contribution in [-0.2, 0) is 4.79 Å². The molecule has 0 aromatic carbocycles. The molecule has 0 radical (unpaired) electrons. The largest absolute Gasteiger partial charge is 0.477 e. The molecule has 0 aliphatic carbocycles. The predicted molar refractivity (Wildman–Crippen MR) is 96.5 cm³/mol. The van der Waals surface area contributed by atoms with Gasteiger partial charge in [-0.05, 0) is 45.2 Å². The molecule has 1 N–H and O–H groups in total. The van der Waals surface area contributed by atoms with Crippen LogP contribution in [0.2, 0.25) is 0 Å². The Morgan fingerprint density at radius 3 is 2.96 bits per heavy atom. The molecule has 1 aliphatic rings. The van der Waals surface area contributed by atoms with Crippen molar-refractivity contribution in [2.75, 3.05) is 19.7 Å². The second-order valence-electron chi connectivity index (χ2n) is 6.58. The lowest BCUT2D eigenvalue weighted by Crippen LogP contribution is -2.47. The highest BCUT2D eigenvalue weighted by molar-refractivity contribution is 5.96. The topological polar surface area (TPSA) is 71.5 Å². The summed E-state index contributed by atoms with van der Waals surface area (Å²) in [6.45, 7) is 7.56. The van der Waals surface area contributed by atoms with Crippen LogP contribution in [0.3, 0.4) is 0 Å². The van der Waals surface area contributed by atoms with E-state index in [1.54, 1.807) is 23.2 Å². The summed E-state index contributed by atoms with van der Waals surface area (Å²) in [4.78, 5) is 31.2. The standard InChI is InChI=1S/C19H29N3O3/c1-4-8-14(3)21-17(23)15-9-7-12-22(13-15)19(24)16-10-6-11-20-18(16)25-5-2/h6,10-11,14-15H,4-5,7-9,12-13H2,1-3H3,(H,21,23)/t14-,15-/m1/s1. The smallest absolute Gasteiger partial charge is 0.259 e. The number of amides is 2. The van der Waals surface area contributed by atoms with Gasteiger partial charge in [0.15, 0.2) is 0 Å². The zero-order valence-corrected chi connectivity index (χ0v) is 15.5. The van der Waals surface area contributed by atoms with Gasteiger partial charge < -0.3 is 15.0 Å². The summed E-state index contributed by atoms with van der Waals surface area (Å²) in [6, 6.07) is 3.63. The van der Waals surface area contributed by atoms with E-state index in [-0.39, 0.29) is 23.8 Å². The molecule has 0 saturated carbocycles. The van der Waals surface area contributed by atoms with Crippen molar-refractivity contribution in [3.8, 4) is 5.88 Å². The number of hydrogen-bond acceptors (Lipinski definition) is 4. The maximum absolute atomic E-state index is 12.9. The molecule has 1 saturated heterocycles. The van der Waals surface area contributed by atoms with Crippen molar-refractivity contribution in [2.24, 2.45) is 5.92 Å². The first-order chi connectivity index (χ1) is 12.1. The average molecular weight is 347 g/mol. The molecule has 1 aliphatic heterocycles. The molecule has 0 bridgehead atoms. The fourth-order valence-electron chi connectivity index (χ4n) is 3.22. The first-order valence-corrected chi connectivity index (χ1v) is 9.24. The molecule has 138 valence electrons. The van der Waals surface area contributed by atoms with E-state index in [2.05, 4.69) is 17.2 Å². The second kappa shape index (κ2) is 9.39. The normalized spacial score (nSPS) is 18.5. The molecule has 1 fully saturated rings. The third-order valence-electron chi connectivity index (χ3n) is 4.47. The van der Waals surface area contributed by atoms with Gasteiger partial charge in [-0.1, -0.05) is 13.3 Å². The number of nitrogens with zero attached hydrogens (tertiary/aromatic N) is 2. The summed E-state index contributed by atoms with van der Waals surface area (Å²) in [5.41, 5.74) is 0.463. The third kappa shape index (κ3) is 5.18. The lowest BCUT2D eigenvalue weighted by molar-refractivity contribution is -0.127. The highest BCUT2D eigenvalue weighted by atomic mass is 16.5. The number of likely N-dealkylation sites (tertiary alicyclic amines) is 1. The monoisotopic (exact) mass is 347 g/mol. The quantitative estimate of drug-likeness (QED) is 0.823. The van der Waals surface area contributed by atoms with Crippen molar-refractivity contribution >= 4 is 11.8 Å². The van der Waals surface area contributed by atoms with Gasteiger partial charge in [-0.15, -0.1) is 0 Å². The van der Waals surface area contributed by atoms with Gasteiger partial charge in [0, 0.05) is 25.3 Å². The molecule has 2 heterocycles. The first-order valence-electron chi connectivity index (χ1n) is 9.24. The molecule has 6 heteroatoms. The maximum atomic E-state index is 12.9. The van der Waals surface area contributed by atoms with E-state index in [4.69, 9.17) is 4.74 Å². The summed E-state index contributed by atoms with van der Waals surface area (Å²) >= 11 is 0. The van der Waals surface area contributed by atoms with Crippen LogP contribution in [0, 0.1) is 5.92 Å². The molecule has 6 nitrogen and oxygen atoms in total. The van der Waals surface area contributed by atoms with Crippen LogP contribution in [0.25, 0.3) is 0 Å². The number of pyridine rings is 1.